The average molecular weight is 241 g/mol. The molecule has 0 N–H and O–H groups in total. The van der Waals surface area contributed by atoms with E-state index in [0.717, 1.165) is 5.02 Å². The molecule has 1 aromatic carbocycles. The van der Waals surface area contributed by atoms with Gasteiger partial charge < -0.3 is 0 Å². The van der Waals surface area contributed by atoms with E-state index in [2.05, 4.69) is 54.7 Å². The summed E-state index contributed by atoms with van der Waals surface area (Å²) >= 11 is 6.37. The Morgan fingerprint density at radius 3 is 2.00 bits per heavy atom. The van der Waals surface area contributed by atoms with Crippen LogP contribution in [0.15, 0.2) is 66.8 Å². The molecule has 0 aromatic heterocycles. The van der Waals surface area contributed by atoms with E-state index in [1.807, 2.05) is 12.1 Å². The maximum absolute atomic E-state index is 6.37. The van der Waals surface area contributed by atoms with Crippen LogP contribution in [-0.4, -0.2) is 0 Å². The van der Waals surface area contributed by atoms with Gasteiger partial charge in [0, 0.05) is 16.9 Å². The van der Waals surface area contributed by atoms with Gasteiger partial charge in [0.1, 0.15) is 0 Å². The summed E-state index contributed by atoms with van der Waals surface area (Å²) in [5.74, 6) is 0.687. The van der Waals surface area contributed by atoms with Crippen LogP contribution in [-0.2, 0) is 0 Å². The normalized spacial score (nSPS) is 18.6. The first-order valence-corrected chi connectivity index (χ1v) is 6.22. The third kappa shape index (κ3) is 1.89. The molecule has 0 heterocycles. The summed E-state index contributed by atoms with van der Waals surface area (Å²) in [7, 11) is 0. The van der Waals surface area contributed by atoms with E-state index >= 15 is 0 Å². The topological polar surface area (TPSA) is 0 Å². The fraction of sp³-hybridized carbons (Fsp3) is 0.125. The third-order valence-corrected chi connectivity index (χ3v) is 3.60. The molecule has 1 aromatic rings. The Kier molecular flexibility index (Phi) is 2.74. The summed E-state index contributed by atoms with van der Waals surface area (Å²) in [6.45, 7) is 0. The van der Waals surface area contributed by atoms with Gasteiger partial charge in [-0.25, -0.2) is 0 Å². The van der Waals surface area contributed by atoms with E-state index in [0.29, 0.717) is 11.8 Å². The van der Waals surface area contributed by atoms with Crippen molar-refractivity contribution in [2.45, 2.75) is 11.8 Å². The maximum atomic E-state index is 6.37. The second-order valence-electron chi connectivity index (χ2n) is 4.33. The van der Waals surface area contributed by atoms with Crippen LogP contribution in [0.4, 0.5) is 0 Å². The first-order chi connectivity index (χ1) is 8.36. The summed E-state index contributed by atoms with van der Waals surface area (Å²) in [6, 6.07) is 6.18. The highest BCUT2D eigenvalue weighted by Gasteiger charge is 2.19. The van der Waals surface area contributed by atoms with Crippen LogP contribution in [0.1, 0.15) is 23.0 Å². The molecule has 0 spiro atoms. The van der Waals surface area contributed by atoms with E-state index < -0.39 is 0 Å². The van der Waals surface area contributed by atoms with Crippen molar-refractivity contribution in [3.05, 3.63) is 83.0 Å². The molecule has 0 aliphatic heterocycles. The summed E-state index contributed by atoms with van der Waals surface area (Å²) in [5.41, 5.74) is 2.55. The quantitative estimate of drug-likeness (QED) is 0.699. The van der Waals surface area contributed by atoms with Crippen LogP contribution in [0.25, 0.3) is 0 Å². The summed E-state index contributed by atoms with van der Waals surface area (Å²) in [4.78, 5) is 0. The number of benzene rings is 1. The van der Waals surface area contributed by atoms with E-state index in [4.69, 9.17) is 11.6 Å². The van der Waals surface area contributed by atoms with Crippen molar-refractivity contribution >= 4 is 11.6 Å². The van der Waals surface area contributed by atoms with Crippen molar-refractivity contribution in [3.63, 3.8) is 0 Å². The molecule has 0 saturated heterocycles. The monoisotopic (exact) mass is 240 g/mol. The SMILES string of the molecule is Clc1cccc(C2C=CC=C2)c1C1C=CC=C1. The van der Waals surface area contributed by atoms with E-state index in [1.54, 1.807) is 0 Å². The van der Waals surface area contributed by atoms with Gasteiger partial charge in [-0.05, 0) is 17.2 Å². The minimum atomic E-state index is 0.320. The van der Waals surface area contributed by atoms with Crippen molar-refractivity contribution in [3.8, 4) is 0 Å². The number of hydrogen-bond donors (Lipinski definition) is 0. The molecule has 2 aliphatic rings. The Morgan fingerprint density at radius 1 is 0.765 bits per heavy atom. The van der Waals surface area contributed by atoms with Gasteiger partial charge >= 0.3 is 0 Å². The summed E-state index contributed by atoms with van der Waals surface area (Å²) in [5, 5.41) is 0.859. The lowest BCUT2D eigenvalue weighted by molar-refractivity contribution is 0.999. The Labute approximate surface area is 107 Å². The zero-order chi connectivity index (χ0) is 11.7. The van der Waals surface area contributed by atoms with Crippen LogP contribution in [0.3, 0.4) is 0 Å². The first-order valence-electron chi connectivity index (χ1n) is 5.84. The predicted octanol–water partition coefficient (Wildman–Crippen LogP) is 4.76. The molecule has 0 amide bonds. The first kappa shape index (κ1) is 10.6. The predicted molar refractivity (Wildman–Crippen MR) is 73.5 cm³/mol. The van der Waals surface area contributed by atoms with Gasteiger partial charge in [-0.15, -0.1) is 0 Å². The molecule has 17 heavy (non-hydrogen) atoms. The molecule has 3 rings (SSSR count). The fourth-order valence-corrected chi connectivity index (χ4v) is 2.77. The highest BCUT2D eigenvalue weighted by atomic mass is 35.5. The maximum Gasteiger partial charge on any atom is 0.0450 e. The minimum Gasteiger partial charge on any atom is -0.0840 e. The molecule has 84 valence electrons. The lowest BCUT2D eigenvalue weighted by Gasteiger charge is -2.17. The van der Waals surface area contributed by atoms with Crippen molar-refractivity contribution in [1.29, 1.82) is 0 Å². The molecule has 2 aliphatic carbocycles. The van der Waals surface area contributed by atoms with E-state index in [1.165, 1.54) is 11.1 Å². The molecule has 0 unspecified atom stereocenters. The number of allylic oxidation sites excluding steroid dienone is 8. The van der Waals surface area contributed by atoms with Crippen molar-refractivity contribution < 1.29 is 0 Å². The Bertz CT molecular complexity index is 523. The Morgan fingerprint density at radius 2 is 1.35 bits per heavy atom. The lowest BCUT2D eigenvalue weighted by atomic mass is 9.88. The second-order valence-corrected chi connectivity index (χ2v) is 4.74. The fourth-order valence-electron chi connectivity index (χ4n) is 2.46. The molecule has 0 atom stereocenters. The Hall–Kier alpha value is -1.53. The number of hydrogen-bond acceptors (Lipinski definition) is 0. The molecule has 0 fully saturated rings. The highest BCUT2D eigenvalue weighted by Crippen LogP contribution is 2.37. The lowest BCUT2D eigenvalue weighted by Crippen LogP contribution is -2.01. The van der Waals surface area contributed by atoms with Crippen LogP contribution in [0.5, 0.6) is 0 Å². The van der Waals surface area contributed by atoms with Gasteiger partial charge in [-0.2, -0.15) is 0 Å². The van der Waals surface area contributed by atoms with Gasteiger partial charge in [0.15, 0.2) is 0 Å². The third-order valence-electron chi connectivity index (χ3n) is 3.28. The molecule has 1 heteroatoms. The molecule has 0 nitrogen and oxygen atoms in total. The van der Waals surface area contributed by atoms with Crippen molar-refractivity contribution in [2.75, 3.05) is 0 Å². The Balaban J connectivity index is 2.11. The molecular weight excluding hydrogens is 228 g/mol. The minimum absolute atomic E-state index is 0.320. The van der Waals surface area contributed by atoms with Gasteiger partial charge in [0.05, 0.1) is 0 Å². The van der Waals surface area contributed by atoms with Gasteiger partial charge in [0.25, 0.3) is 0 Å². The van der Waals surface area contributed by atoms with E-state index in [9.17, 15) is 0 Å². The summed E-state index contributed by atoms with van der Waals surface area (Å²) < 4.78 is 0. The molecule has 0 radical (unpaired) electrons. The van der Waals surface area contributed by atoms with Gasteiger partial charge in [-0.1, -0.05) is 72.3 Å². The van der Waals surface area contributed by atoms with Crippen molar-refractivity contribution in [1.82, 2.24) is 0 Å². The molecular formula is C16H13Cl. The van der Waals surface area contributed by atoms with Crippen LogP contribution >= 0.6 is 11.6 Å². The standard InChI is InChI=1S/C16H13Cl/c17-15-11-5-10-14(12-6-1-2-7-12)16(15)13-8-3-4-9-13/h1-13H. The van der Waals surface area contributed by atoms with E-state index in [-0.39, 0.29) is 0 Å². The number of halogens is 1. The summed E-state index contributed by atoms with van der Waals surface area (Å²) in [6.07, 6.45) is 17.1. The van der Waals surface area contributed by atoms with Gasteiger partial charge in [0.2, 0.25) is 0 Å². The highest BCUT2D eigenvalue weighted by molar-refractivity contribution is 6.31. The zero-order valence-corrected chi connectivity index (χ0v) is 10.1. The second kappa shape index (κ2) is 4.38. The largest absolute Gasteiger partial charge is 0.0840 e. The average Bonchev–Trinajstić information content (AvgIpc) is 3.02. The van der Waals surface area contributed by atoms with Crippen molar-refractivity contribution in [2.24, 2.45) is 0 Å². The van der Waals surface area contributed by atoms with Crippen LogP contribution in [0, 0.1) is 0 Å². The molecule has 0 saturated carbocycles. The number of rotatable bonds is 2. The van der Waals surface area contributed by atoms with Crippen LogP contribution < -0.4 is 0 Å². The van der Waals surface area contributed by atoms with Crippen LogP contribution in [0.2, 0.25) is 5.02 Å². The smallest absolute Gasteiger partial charge is 0.0450 e. The van der Waals surface area contributed by atoms with Gasteiger partial charge in [-0.3, -0.25) is 0 Å². The zero-order valence-electron chi connectivity index (χ0n) is 9.38. The molecule has 0 bridgehead atoms.